The average molecular weight is 264 g/mol. The Labute approximate surface area is 120 Å². The van der Waals surface area contributed by atoms with E-state index in [1.165, 1.54) is 70.6 Å². The summed E-state index contributed by atoms with van der Waals surface area (Å²) in [6.45, 7) is 3.10. The third-order valence-corrected chi connectivity index (χ3v) is 3.39. The van der Waals surface area contributed by atoms with Crippen LogP contribution in [-0.2, 0) is 0 Å². The molecular weight excluding hydrogens is 232 g/mol. The highest BCUT2D eigenvalue weighted by molar-refractivity contribution is 4.81. The van der Waals surface area contributed by atoms with Gasteiger partial charge in [-0.3, -0.25) is 0 Å². The zero-order chi connectivity index (χ0) is 14.0. The fraction of sp³-hybridized carbons (Fsp3) is 0.824. The zero-order valence-electron chi connectivity index (χ0n) is 12.8. The molecule has 2 heteroatoms. The van der Waals surface area contributed by atoms with Gasteiger partial charge in [0.25, 0.3) is 0 Å². The molecule has 0 bridgehead atoms. The second kappa shape index (κ2) is 17.0. The van der Waals surface area contributed by atoms with Crippen LogP contribution in [0, 0.1) is 11.5 Å². The molecule has 2 nitrogen and oxygen atoms in total. The van der Waals surface area contributed by atoms with Crippen LogP contribution in [0.1, 0.15) is 84.0 Å². The van der Waals surface area contributed by atoms with Crippen molar-refractivity contribution >= 4 is 0 Å². The number of hydrogen-bond donors (Lipinski definition) is 1. The normalized spacial score (nSPS) is 10.7. The first kappa shape index (κ1) is 18.0. The summed E-state index contributed by atoms with van der Waals surface area (Å²) in [4.78, 5) is 0. The van der Waals surface area contributed by atoms with E-state index in [4.69, 9.17) is 5.26 Å². The van der Waals surface area contributed by atoms with Gasteiger partial charge in [-0.1, -0.05) is 64.0 Å². The summed E-state index contributed by atoms with van der Waals surface area (Å²) in [6, 6.07) is 0. The quantitative estimate of drug-likeness (QED) is 0.200. The molecule has 110 valence electrons. The second-order valence-electron chi connectivity index (χ2n) is 5.27. The molecule has 0 aliphatic carbocycles. The molecule has 0 aromatic rings. The molecule has 0 aromatic heterocycles. The summed E-state index contributed by atoms with van der Waals surface area (Å²) in [6.07, 6.45) is 22.4. The number of nitriles is 1. The Balaban J connectivity index is 3.03. The van der Waals surface area contributed by atoms with Crippen LogP contribution in [-0.4, -0.2) is 6.54 Å². The number of allylic oxidation sites excluding steroid dienone is 2. The Hall–Kier alpha value is -0.970. The third-order valence-electron chi connectivity index (χ3n) is 3.39. The van der Waals surface area contributed by atoms with E-state index in [-0.39, 0.29) is 0 Å². The fourth-order valence-corrected chi connectivity index (χ4v) is 2.16. The smallest absolute Gasteiger partial charge is 0.176 e. The Bertz CT molecular complexity index is 228. The van der Waals surface area contributed by atoms with Gasteiger partial charge in [-0.2, -0.15) is 5.26 Å². The van der Waals surface area contributed by atoms with Crippen LogP contribution in [0.25, 0.3) is 0 Å². The molecule has 0 fully saturated rings. The predicted octanol–water partition coefficient (Wildman–Crippen LogP) is 5.31. The van der Waals surface area contributed by atoms with Crippen molar-refractivity contribution in [2.24, 2.45) is 0 Å². The molecule has 0 amide bonds. The molecule has 0 saturated carbocycles. The van der Waals surface area contributed by atoms with Crippen molar-refractivity contribution in [3.63, 3.8) is 0 Å². The Kier molecular flexibility index (Phi) is 16.2. The van der Waals surface area contributed by atoms with E-state index in [2.05, 4.69) is 24.4 Å². The van der Waals surface area contributed by atoms with Crippen LogP contribution in [0.4, 0.5) is 0 Å². The van der Waals surface area contributed by atoms with Gasteiger partial charge in [-0.15, -0.1) is 0 Å². The second-order valence-corrected chi connectivity index (χ2v) is 5.27. The van der Waals surface area contributed by atoms with Crippen molar-refractivity contribution in [2.75, 3.05) is 6.54 Å². The Morgan fingerprint density at radius 2 is 1.32 bits per heavy atom. The van der Waals surface area contributed by atoms with Crippen LogP contribution in [0.5, 0.6) is 0 Å². The van der Waals surface area contributed by atoms with Crippen molar-refractivity contribution in [1.29, 1.82) is 5.26 Å². The van der Waals surface area contributed by atoms with E-state index < -0.39 is 0 Å². The van der Waals surface area contributed by atoms with E-state index in [1.54, 1.807) is 0 Å². The largest absolute Gasteiger partial charge is 0.324 e. The van der Waals surface area contributed by atoms with Gasteiger partial charge < -0.3 is 5.32 Å². The van der Waals surface area contributed by atoms with Gasteiger partial charge in [-0.25, -0.2) is 0 Å². The number of nitrogens with one attached hydrogen (secondary N) is 1. The molecule has 0 unspecified atom stereocenters. The number of hydrogen-bond acceptors (Lipinski definition) is 2. The van der Waals surface area contributed by atoms with Crippen LogP contribution in [0.2, 0.25) is 0 Å². The fourth-order valence-electron chi connectivity index (χ4n) is 2.16. The molecule has 1 N–H and O–H groups in total. The maximum atomic E-state index is 8.30. The first-order chi connectivity index (χ1) is 9.41. The van der Waals surface area contributed by atoms with E-state index >= 15 is 0 Å². The molecule has 0 aliphatic heterocycles. The van der Waals surface area contributed by atoms with Crippen LogP contribution in [0.3, 0.4) is 0 Å². The molecule has 0 aliphatic rings. The summed E-state index contributed by atoms with van der Waals surface area (Å²) in [5, 5.41) is 11.0. The van der Waals surface area contributed by atoms with Gasteiger partial charge in [0.1, 0.15) is 0 Å². The zero-order valence-corrected chi connectivity index (χ0v) is 12.8. The van der Waals surface area contributed by atoms with Gasteiger partial charge in [0, 0.05) is 6.54 Å². The minimum atomic E-state index is 0.838. The molecular formula is C17H32N2. The third kappa shape index (κ3) is 17.0. The summed E-state index contributed by atoms with van der Waals surface area (Å²) < 4.78 is 0. The lowest BCUT2D eigenvalue weighted by Crippen LogP contribution is -2.06. The first-order valence-electron chi connectivity index (χ1n) is 8.18. The monoisotopic (exact) mass is 264 g/mol. The lowest BCUT2D eigenvalue weighted by atomic mass is 10.1. The maximum Gasteiger partial charge on any atom is 0.176 e. The summed E-state index contributed by atoms with van der Waals surface area (Å²) in [7, 11) is 0. The van der Waals surface area contributed by atoms with Crippen LogP contribution in [0.15, 0.2) is 12.2 Å². The molecule has 0 atom stereocenters. The minimum Gasteiger partial charge on any atom is -0.324 e. The summed E-state index contributed by atoms with van der Waals surface area (Å²) in [5.41, 5.74) is 0. The van der Waals surface area contributed by atoms with Crippen molar-refractivity contribution in [3.05, 3.63) is 12.2 Å². The van der Waals surface area contributed by atoms with Crippen LogP contribution < -0.4 is 5.32 Å². The van der Waals surface area contributed by atoms with Gasteiger partial charge in [0.2, 0.25) is 0 Å². The first-order valence-corrected chi connectivity index (χ1v) is 8.18. The highest BCUT2D eigenvalue weighted by Crippen LogP contribution is 2.08. The molecule has 19 heavy (non-hydrogen) atoms. The van der Waals surface area contributed by atoms with Crippen molar-refractivity contribution in [2.45, 2.75) is 84.0 Å². The molecule has 0 radical (unpaired) electrons. The van der Waals surface area contributed by atoms with E-state index in [0.717, 1.165) is 13.0 Å². The number of unbranched alkanes of at least 4 members (excludes halogenated alkanes) is 10. The highest BCUT2D eigenvalue weighted by atomic mass is 14.8. The topological polar surface area (TPSA) is 35.8 Å². The molecule has 0 rings (SSSR count). The molecule has 0 saturated heterocycles. The van der Waals surface area contributed by atoms with E-state index in [0.29, 0.717) is 0 Å². The van der Waals surface area contributed by atoms with E-state index in [9.17, 15) is 0 Å². The number of rotatable bonds is 14. The van der Waals surface area contributed by atoms with Gasteiger partial charge in [-0.05, 0) is 32.1 Å². The molecule has 0 heterocycles. The minimum absolute atomic E-state index is 0.838. The highest BCUT2D eigenvalue weighted by Gasteiger charge is 1.89. The average Bonchev–Trinajstić information content (AvgIpc) is 2.43. The molecule has 0 aromatic carbocycles. The van der Waals surface area contributed by atoms with Gasteiger partial charge in [0.15, 0.2) is 6.19 Å². The van der Waals surface area contributed by atoms with E-state index in [1.807, 2.05) is 6.19 Å². The van der Waals surface area contributed by atoms with Crippen molar-refractivity contribution in [3.8, 4) is 6.19 Å². The lowest BCUT2D eigenvalue weighted by Gasteiger charge is -1.99. The maximum absolute atomic E-state index is 8.30. The Morgan fingerprint density at radius 1 is 0.789 bits per heavy atom. The van der Waals surface area contributed by atoms with Crippen molar-refractivity contribution in [1.82, 2.24) is 5.32 Å². The predicted molar refractivity (Wildman–Crippen MR) is 83.8 cm³/mol. The van der Waals surface area contributed by atoms with Gasteiger partial charge in [0.05, 0.1) is 0 Å². The van der Waals surface area contributed by atoms with Crippen LogP contribution >= 0.6 is 0 Å². The van der Waals surface area contributed by atoms with Crippen molar-refractivity contribution < 1.29 is 0 Å². The van der Waals surface area contributed by atoms with Gasteiger partial charge >= 0.3 is 0 Å². The standard InChI is InChI=1S/C17H32N2/c1-2-3-4-5-6-7-8-9-10-11-12-13-14-15-16-19-17-18/h9-10,19H,2-8,11-16H2,1H3/b10-9-. The lowest BCUT2D eigenvalue weighted by molar-refractivity contribution is 0.610. The SMILES string of the molecule is CCCCCCCC/C=C\CCCCCCNC#N. The number of nitrogens with zero attached hydrogens (tertiary/aromatic N) is 1. The molecule has 0 spiro atoms. The summed E-state index contributed by atoms with van der Waals surface area (Å²) >= 11 is 0. The summed E-state index contributed by atoms with van der Waals surface area (Å²) in [5.74, 6) is 0. The Morgan fingerprint density at radius 3 is 1.89 bits per heavy atom.